The second-order valence-corrected chi connectivity index (χ2v) is 5.99. The van der Waals surface area contributed by atoms with Gasteiger partial charge in [-0.05, 0) is 37.0 Å². The van der Waals surface area contributed by atoms with Crippen LogP contribution in [0.2, 0.25) is 0 Å². The van der Waals surface area contributed by atoms with E-state index in [1.54, 1.807) is 4.90 Å². The lowest BCUT2D eigenvalue weighted by Gasteiger charge is -2.24. The molecule has 0 aliphatic rings. The number of likely N-dealkylation sites (N-methyl/N-ethyl adjacent to an activating group) is 1. The molecular formula is C17H28N2O2. The molecule has 0 heterocycles. The van der Waals surface area contributed by atoms with E-state index in [1.807, 2.05) is 38.2 Å². The maximum absolute atomic E-state index is 12.3. The summed E-state index contributed by atoms with van der Waals surface area (Å²) >= 11 is 0. The monoisotopic (exact) mass is 292 g/mol. The summed E-state index contributed by atoms with van der Waals surface area (Å²) in [6.07, 6.45) is 0.832. The number of nitrogens with zero attached hydrogens (tertiary/aromatic N) is 1. The average molecular weight is 292 g/mol. The minimum Gasteiger partial charge on any atom is -0.492 e. The Labute approximate surface area is 128 Å². The molecule has 0 saturated carbocycles. The minimum absolute atomic E-state index is 0.0889. The Kier molecular flexibility index (Phi) is 7.23. The zero-order chi connectivity index (χ0) is 15.8. The molecule has 1 amide bonds. The molecule has 118 valence electrons. The molecule has 0 aliphatic carbocycles. The summed E-state index contributed by atoms with van der Waals surface area (Å²) in [5.41, 5.74) is 6.88. The smallest absolute Gasteiger partial charge is 0.226 e. The summed E-state index contributed by atoms with van der Waals surface area (Å²) in [7, 11) is 1.81. The Balaban J connectivity index is 2.41. The fourth-order valence-electron chi connectivity index (χ4n) is 2.29. The average Bonchev–Trinajstić information content (AvgIpc) is 2.43. The van der Waals surface area contributed by atoms with Crippen molar-refractivity contribution in [3.8, 4) is 5.75 Å². The first kappa shape index (κ1) is 17.5. The topological polar surface area (TPSA) is 55.6 Å². The van der Waals surface area contributed by atoms with E-state index in [-0.39, 0.29) is 11.8 Å². The standard InChI is InChI=1S/C17H28N2O2/c1-13(2)10-15(12-18)17(20)19(4)8-9-21-16-7-5-6-14(3)11-16/h5-7,11,13,15H,8-10,12,18H2,1-4H3. The van der Waals surface area contributed by atoms with Crippen molar-refractivity contribution in [1.29, 1.82) is 0 Å². The van der Waals surface area contributed by atoms with Crippen LogP contribution in [0.25, 0.3) is 0 Å². The molecule has 1 aromatic carbocycles. The van der Waals surface area contributed by atoms with E-state index >= 15 is 0 Å². The lowest BCUT2D eigenvalue weighted by atomic mass is 9.96. The SMILES string of the molecule is Cc1cccc(OCCN(C)C(=O)C(CN)CC(C)C)c1. The molecule has 0 bridgehead atoms. The van der Waals surface area contributed by atoms with Gasteiger partial charge in [-0.25, -0.2) is 0 Å². The van der Waals surface area contributed by atoms with Crippen molar-refractivity contribution in [2.24, 2.45) is 17.6 Å². The van der Waals surface area contributed by atoms with Crippen molar-refractivity contribution in [2.75, 3.05) is 26.7 Å². The molecule has 21 heavy (non-hydrogen) atoms. The third-order valence-electron chi connectivity index (χ3n) is 3.45. The quantitative estimate of drug-likeness (QED) is 0.800. The van der Waals surface area contributed by atoms with Crippen LogP contribution in [0, 0.1) is 18.8 Å². The number of rotatable bonds is 8. The van der Waals surface area contributed by atoms with Gasteiger partial charge in [0.1, 0.15) is 12.4 Å². The van der Waals surface area contributed by atoms with Crippen molar-refractivity contribution in [2.45, 2.75) is 27.2 Å². The molecular weight excluding hydrogens is 264 g/mol. The Morgan fingerprint density at radius 3 is 2.67 bits per heavy atom. The predicted molar refractivity (Wildman–Crippen MR) is 86.3 cm³/mol. The van der Waals surface area contributed by atoms with E-state index in [1.165, 1.54) is 0 Å². The van der Waals surface area contributed by atoms with Crippen LogP contribution in [0.3, 0.4) is 0 Å². The lowest BCUT2D eigenvalue weighted by Crippen LogP contribution is -2.39. The maximum Gasteiger partial charge on any atom is 0.226 e. The van der Waals surface area contributed by atoms with Gasteiger partial charge in [0.05, 0.1) is 12.5 Å². The van der Waals surface area contributed by atoms with Gasteiger partial charge in [0.15, 0.2) is 0 Å². The van der Waals surface area contributed by atoms with Crippen LogP contribution in [0.1, 0.15) is 25.8 Å². The Morgan fingerprint density at radius 1 is 1.38 bits per heavy atom. The second kappa shape index (κ2) is 8.67. The van der Waals surface area contributed by atoms with Gasteiger partial charge in [-0.1, -0.05) is 26.0 Å². The molecule has 1 rings (SSSR count). The summed E-state index contributed by atoms with van der Waals surface area (Å²) in [5.74, 6) is 1.33. The van der Waals surface area contributed by atoms with E-state index in [4.69, 9.17) is 10.5 Å². The first-order valence-electron chi connectivity index (χ1n) is 7.58. The molecule has 0 fully saturated rings. The van der Waals surface area contributed by atoms with Crippen molar-refractivity contribution < 1.29 is 9.53 Å². The summed E-state index contributed by atoms with van der Waals surface area (Å²) in [6, 6.07) is 7.91. The molecule has 0 spiro atoms. The van der Waals surface area contributed by atoms with Crippen molar-refractivity contribution >= 4 is 5.91 Å². The molecule has 1 unspecified atom stereocenters. The van der Waals surface area contributed by atoms with Crippen LogP contribution in [0.15, 0.2) is 24.3 Å². The summed E-state index contributed by atoms with van der Waals surface area (Å²) < 4.78 is 5.68. The van der Waals surface area contributed by atoms with E-state index in [9.17, 15) is 4.79 Å². The molecule has 1 atom stereocenters. The highest BCUT2D eigenvalue weighted by molar-refractivity contribution is 5.78. The lowest BCUT2D eigenvalue weighted by molar-refractivity contribution is -0.134. The molecule has 0 radical (unpaired) electrons. The number of amides is 1. The van der Waals surface area contributed by atoms with Crippen molar-refractivity contribution in [1.82, 2.24) is 4.90 Å². The van der Waals surface area contributed by atoms with Crippen LogP contribution in [0.4, 0.5) is 0 Å². The van der Waals surface area contributed by atoms with Crippen molar-refractivity contribution in [3.63, 3.8) is 0 Å². The molecule has 1 aromatic rings. The molecule has 4 heteroatoms. The van der Waals surface area contributed by atoms with Gasteiger partial charge in [0.2, 0.25) is 5.91 Å². The predicted octanol–water partition coefficient (Wildman–Crippen LogP) is 2.45. The number of carbonyl (C=O) groups excluding carboxylic acids is 1. The van der Waals surface area contributed by atoms with Gasteiger partial charge in [0, 0.05) is 13.6 Å². The van der Waals surface area contributed by atoms with Crippen molar-refractivity contribution in [3.05, 3.63) is 29.8 Å². The number of nitrogens with two attached hydrogens (primary N) is 1. The highest BCUT2D eigenvalue weighted by Gasteiger charge is 2.21. The largest absolute Gasteiger partial charge is 0.492 e. The van der Waals surface area contributed by atoms with Crippen LogP contribution in [-0.4, -0.2) is 37.6 Å². The first-order valence-corrected chi connectivity index (χ1v) is 7.58. The molecule has 2 N–H and O–H groups in total. The normalized spacial score (nSPS) is 12.3. The fourth-order valence-corrected chi connectivity index (χ4v) is 2.29. The summed E-state index contributed by atoms with van der Waals surface area (Å²) in [4.78, 5) is 14.0. The van der Waals surface area contributed by atoms with E-state index in [0.29, 0.717) is 25.6 Å². The highest BCUT2D eigenvalue weighted by Crippen LogP contribution is 2.14. The first-order chi connectivity index (χ1) is 9.93. The number of ether oxygens (including phenoxy) is 1. The number of aryl methyl sites for hydroxylation is 1. The second-order valence-electron chi connectivity index (χ2n) is 5.99. The van der Waals surface area contributed by atoms with Crippen LogP contribution < -0.4 is 10.5 Å². The van der Waals surface area contributed by atoms with Gasteiger partial charge in [-0.15, -0.1) is 0 Å². The van der Waals surface area contributed by atoms with Crippen LogP contribution >= 0.6 is 0 Å². The van der Waals surface area contributed by atoms with E-state index < -0.39 is 0 Å². The third-order valence-corrected chi connectivity index (χ3v) is 3.45. The minimum atomic E-state index is -0.0889. The number of hydrogen-bond acceptors (Lipinski definition) is 3. The zero-order valence-electron chi connectivity index (χ0n) is 13.6. The van der Waals surface area contributed by atoms with Gasteiger partial charge < -0.3 is 15.4 Å². The molecule has 0 aliphatic heterocycles. The maximum atomic E-state index is 12.3. The molecule has 0 aromatic heterocycles. The highest BCUT2D eigenvalue weighted by atomic mass is 16.5. The van der Waals surface area contributed by atoms with Gasteiger partial charge >= 0.3 is 0 Å². The third kappa shape index (κ3) is 6.17. The number of benzene rings is 1. The van der Waals surface area contributed by atoms with Gasteiger partial charge in [0.25, 0.3) is 0 Å². The van der Waals surface area contributed by atoms with E-state index in [0.717, 1.165) is 17.7 Å². The Bertz CT molecular complexity index is 446. The zero-order valence-corrected chi connectivity index (χ0v) is 13.6. The van der Waals surface area contributed by atoms with E-state index in [2.05, 4.69) is 13.8 Å². The summed E-state index contributed by atoms with van der Waals surface area (Å²) in [5, 5.41) is 0. The Morgan fingerprint density at radius 2 is 2.10 bits per heavy atom. The molecule has 4 nitrogen and oxygen atoms in total. The number of hydrogen-bond donors (Lipinski definition) is 1. The van der Waals surface area contributed by atoms with Crippen LogP contribution in [-0.2, 0) is 4.79 Å². The molecule has 0 saturated heterocycles. The van der Waals surface area contributed by atoms with Crippen LogP contribution in [0.5, 0.6) is 5.75 Å². The number of carbonyl (C=O) groups is 1. The van der Waals surface area contributed by atoms with Gasteiger partial charge in [-0.3, -0.25) is 4.79 Å². The Hall–Kier alpha value is -1.55. The van der Waals surface area contributed by atoms with Gasteiger partial charge in [-0.2, -0.15) is 0 Å². The summed E-state index contributed by atoms with van der Waals surface area (Å²) in [6.45, 7) is 7.71. The fraction of sp³-hybridized carbons (Fsp3) is 0.588.